The van der Waals surface area contributed by atoms with Crippen molar-refractivity contribution >= 4 is 23.8 Å². The number of hydrogen-bond donors (Lipinski definition) is 0. The largest absolute Gasteiger partial charge is 0.303 e. The molecule has 88 valence electrons. The second-order valence-electron chi connectivity index (χ2n) is 4.21. The van der Waals surface area contributed by atoms with Crippen LogP contribution in [0.4, 0.5) is 5.69 Å². The minimum atomic E-state index is -0.514. The molecule has 0 aliphatic carbocycles. The number of anilines is 1. The van der Waals surface area contributed by atoms with Gasteiger partial charge in [0, 0.05) is 12.3 Å². The Morgan fingerprint density at radius 2 is 1.94 bits per heavy atom. The van der Waals surface area contributed by atoms with E-state index in [1.54, 1.807) is 31.2 Å². The molecule has 0 radical (unpaired) electrons. The molecule has 2 unspecified atom stereocenters. The van der Waals surface area contributed by atoms with Crippen molar-refractivity contribution in [2.75, 3.05) is 4.90 Å². The van der Waals surface area contributed by atoms with Gasteiger partial charge >= 0.3 is 0 Å². The van der Waals surface area contributed by atoms with E-state index in [9.17, 15) is 14.4 Å². The zero-order valence-corrected chi connectivity index (χ0v) is 9.50. The third-order valence-corrected chi connectivity index (χ3v) is 3.05. The van der Waals surface area contributed by atoms with Crippen molar-refractivity contribution in [3.8, 4) is 0 Å². The highest BCUT2D eigenvalue weighted by molar-refractivity contribution is 6.21. The highest BCUT2D eigenvalue weighted by atomic mass is 16.2. The Morgan fingerprint density at radius 1 is 1.29 bits per heavy atom. The van der Waals surface area contributed by atoms with Crippen LogP contribution in [0.25, 0.3) is 0 Å². The average Bonchev–Trinajstić information content (AvgIpc) is 2.65. The van der Waals surface area contributed by atoms with Crippen LogP contribution in [0, 0.1) is 11.8 Å². The number of hydrogen-bond acceptors (Lipinski definition) is 3. The molecule has 1 heterocycles. The lowest BCUT2D eigenvalue weighted by atomic mass is 9.94. The summed E-state index contributed by atoms with van der Waals surface area (Å²) in [5.74, 6) is -1.44. The monoisotopic (exact) mass is 231 g/mol. The van der Waals surface area contributed by atoms with Crippen LogP contribution in [0.1, 0.15) is 13.3 Å². The molecule has 17 heavy (non-hydrogen) atoms. The molecule has 4 heteroatoms. The number of nitrogens with zero attached hydrogens (tertiary/aromatic N) is 1. The lowest BCUT2D eigenvalue weighted by Crippen LogP contribution is -2.32. The molecule has 2 amide bonds. The predicted octanol–water partition coefficient (Wildman–Crippen LogP) is 1.40. The van der Waals surface area contributed by atoms with Gasteiger partial charge in [0.2, 0.25) is 11.8 Å². The van der Waals surface area contributed by atoms with Crippen LogP contribution >= 0.6 is 0 Å². The molecular weight excluding hydrogens is 218 g/mol. The maximum absolute atomic E-state index is 12.1. The van der Waals surface area contributed by atoms with E-state index in [1.165, 1.54) is 4.90 Å². The Kier molecular flexibility index (Phi) is 3.04. The van der Waals surface area contributed by atoms with Gasteiger partial charge in [-0.15, -0.1) is 0 Å². The van der Waals surface area contributed by atoms with Gasteiger partial charge < -0.3 is 4.79 Å². The normalized spacial score (nSPS) is 21.7. The van der Waals surface area contributed by atoms with Crippen molar-refractivity contribution in [3.05, 3.63) is 30.3 Å². The average molecular weight is 231 g/mol. The van der Waals surface area contributed by atoms with E-state index >= 15 is 0 Å². The highest BCUT2D eigenvalue weighted by Crippen LogP contribution is 2.29. The Hall–Kier alpha value is -1.97. The number of imide groups is 1. The number of rotatable bonds is 3. The molecule has 1 saturated heterocycles. The first kappa shape index (κ1) is 11.5. The zero-order chi connectivity index (χ0) is 12.4. The van der Waals surface area contributed by atoms with Crippen LogP contribution in [-0.4, -0.2) is 18.1 Å². The van der Waals surface area contributed by atoms with E-state index in [2.05, 4.69) is 0 Å². The summed E-state index contributed by atoms with van der Waals surface area (Å²) < 4.78 is 0. The summed E-state index contributed by atoms with van der Waals surface area (Å²) in [6.45, 7) is 1.66. The third kappa shape index (κ3) is 1.98. The highest BCUT2D eigenvalue weighted by Gasteiger charge is 2.41. The quantitative estimate of drug-likeness (QED) is 0.583. The Labute approximate surface area is 99.2 Å². The molecule has 1 aliphatic heterocycles. The van der Waals surface area contributed by atoms with Crippen molar-refractivity contribution in [1.29, 1.82) is 0 Å². The molecule has 0 spiro atoms. The third-order valence-electron chi connectivity index (χ3n) is 3.05. The summed E-state index contributed by atoms with van der Waals surface area (Å²) in [5, 5.41) is 0. The molecule has 1 aromatic rings. The van der Waals surface area contributed by atoms with E-state index in [0.29, 0.717) is 5.69 Å². The maximum Gasteiger partial charge on any atom is 0.238 e. The van der Waals surface area contributed by atoms with Crippen molar-refractivity contribution < 1.29 is 14.4 Å². The SMILES string of the molecule is CC(C=O)C1CC(=O)N(c2ccccc2)C1=O. The van der Waals surface area contributed by atoms with Gasteiger partial charge in [0.25, 0.3) is 0 Å². The molecule has 0 N–H and O–H groups in total. The first-order chi connectivity index (χ1) is 8.15. The van der Waals surface area contributed by atoms with Gasteiger partial charge in [0.1, 0.15) is 6.29 Å². The van der Waals surface area contributed by atoms with Gasteiger partial charge in [-0.3, -0.25) is 14.5 Å². The number of carbonyl (C=O) groups excluding carboxylic acids is 3. The molecule has 2 rings (SSSR count). The molecular formula is C13H13NO3. The summed E-state index contributed by atoms with van der Waals surface area (Å²) in [5.41, 5.74) is 0.572. The second kappa shape index (κ2) is 4.49. The zero-order valence-electron chi connectivity index (χ0n) is 9.50. The van der Waals surface area contributed by atoms with Gasteiger partial charge in [-0.05, 0) is 12.1 Å². The summed E-state index contributed by atoms with van der Waals surface area (Å²) in [6, 6.07) is 8.78. The van der Waals surface area contributed by atoms with Crippen LogP contribution in [-0.2, 0) is 14.4 Å². The Bertz CT molecular complexity index is 455. The summed E-state index contributed by atoms with van der Waals surface area (Å²) in [4.78, 5) is 35.7. The minimum Gasteiger partial charge on any atom is -0.303 e. The predicted molar refractivity (Wildman–Crippen MR) is 62.3 cm³/mol. The van der Waals surface area contributed by atoms with Crippen LogP contribution in [0.3, 0.4) is 0 Å². The lowest BCUT2D eigenvalue weighted by Gasteiger charge is -2.15. The van der Waals surface area contributed by atoms with Crippen LogP contribution in [0.5, 0.6) is 0 Å². The Morgan fingerprint density at radius 3 is 2.53 bits per heavy atom. The molecule has 1 aromatic carbocycles. The van der Waals surface area contributed by atoms with E-state index in [-0.39, 0.29) is 18.2 Å². The van der Waals surface area contributed by atoms with Gasteiger partial charge in [-0.2, -0.15) is 0 Å². The van der Waals surface area contributed by atoms with Crippen LogP contribution in [0.2, 0.25) is 0 Å². The van der Waals surface area contributed by atoms with Crippen LogP contribution in [0.15, 0.2) is 30.3 Å². The fourth-order valence-electron chi connectivity index (χ4n) is 2.01. The maximum atomic E-state index is 12.1. The molecule has 2 atom stereocenters. The topological polar surface area (TPSA) is 54.5 Å². The number of amides is 2. The minimum absolute atomic E-state index is 0.119. The molecule has 0 aromatic heterocycles. The molecule has 0 saturated carbocycles. The number of aldehydes is 1. The smallest absolute Gasteiger partial charge is 0.238 e. The van der Waals surface area contributed by atoms with Gasteiger partial charge in [-0.25, -0.2) is 0 Å². The van der Waals surface area contributed by atoms with Crippen LogP contribution < -0.4 is 4.90 Å². The fraction of sp³-hybridized carbons (Fsp3) is 0.308. The van der Waals surface area contributed by atoms with Crippen molar-refractivity contribution in [2.45, 2.75) is 13.3 Å². The van der Waals surface area contributed by atoms with Crippen molar-refractivity contribution in [2.24, 2.45) is 11.8 Å². The number of para-hydroxylation sites is 1. The first-order valence-corrected chi connectivity index (χ1v) is 5.52. The van der Waals surface area contributed by atoms with E-state index in [1.807, 2.05) is 6.07 Å². The number of carbonyl (C=O) groups is 3. The van der Waals surface area contributed by atoms with E-state index < -0.39 is 11.8 Å². The molecule has 4 nitrogen and oxygen atoms in total. The summed E-state index contributed by atoms with van der Waals surface area (Å²) in [7, 11) is 0. The standard InChI is InChI=1S/C13H13NO3/c1-9(8-15)11-7-12(16)14(13(11)17)10-5-3-2-4-6-10/h2-6,8-9,11H,7H2,1H3. The lowest BCUT2D eigenvalue weighted by molar-refractivity contribution is -0.125. The molecule has 1 fully saturated rings. The summed E-state index contributed by atoms with van der Waals surface area (Å²) in [6.07, 6.45) is 0.845. The van der Waals surface area contributed by atoms with E-state index in [0.717, 1.165) is 6.29 Å². The van der Waals surface area contributed by atoms with Crippen molar-refractivity contribution in [1.82, 2.24) is 0 Å². The second-order valence-corrected chi connectivity index (χ2v) is 4.21. The fourth-order valence-corrected chi connectivity index (χ4v) is 2.01. The van der Waals surface area contributed by atoms with Crippen molar-refractivity contribution in [3.63, 3.8) is 0 Å². The molecule has 1 aliphatic rings. The summed E-state index contributed by atoms with van der Waals surface area (Å²) >= 11 is 0. The van der Waals surface area contributed by atoms with Gasteiger partial charge in [0.05, 0.1) is 11.6 Å². The van der Waals surface area contributed by atoms with Gasteiger partial charge in [-0.1, -0.05) is 25.1 Å². The van der Waals surface area contributed by atoms with E-state index in [4.69, 9.17) is 0 Å². The van der Waals surface area contributed by atoms with Gasteiger partial charge in [0.15, 0.2) is 0 Å². The first-order valence-electron chi connectivity index (χ1n) is 5.52. The molecule has 0 bridgehead atoms. The number of benzene rings is 1. The Balaban J connectivity index is 2.29.